The monoisotopic (exact) mass is 391 g/mol. The van der Waals surface area contributed by atoms with E-state index in [4.69, 9.17) is 9.47 Å². The molecule has 0 aliphatic carbocycles. The second-order valence-electron chi connectivity index (χ2n) is 7.06. The molecule has 0 spiro atoms. The van der Waals surface area contributed by atoms with E-state index in [1.165, 1.54) is 5.56 Å². The third-order valence-corrected chi connectivity index (χ3v) is 5.35. The summed E-state index contributed by atoms with van der Waals surface area (Å²) in [5, 5.41) is 10.3. The van der Waals surface area contributed by atoms with Gasteiger partial charge in [-0.15, -0.1) is 0 Å². The zero-order valence-electron chi connectivity index (χ0n) is 17.3. The fourth-order valence-corrected chi connectivity index (χ4v) is 3.71. The van der Waals surface area contributed by atoms with Crippen molar-refractivity contribution in [1.29, 1.82) is 0 Å². The van der Waals surface area contributed by atoms with Crippen molar-refractivity contribution in [3.05, 3.63) is 95.6 Å². The van der Waals surface area contributed by atoms with E-state index >= 15 is 0 Å². The molecule has 0 heterocycles. The van der Waals surface area contributed by atoms with Crippen molar-refractivity contribution in [3.63, 3.8) is 0 Å². The summed E-state index contributed by atoms with van der Waals surface area (Å²) in [5.41, 5.74) is 3.40. The van der Waals surface area contributed by atoms with Gasteiger partial charge >= 0.3 is 0 Å². The summed E-state index contributed by atoms with van der Waals surface area (Å²) in [7, 11) is 3.28. The maximum absolute atomic E-state index is 10.3. The van der Waals surface area contributed by atoms with Gasteiger partial charge in [-0.1, -0.05) is 66.7 Å². The summed E-state index contributed by atoms with van der Waals surface area (Å²) in [5.74, 6) is 1.42. The van der Waals surface area contributed by atoms with Gasteiger partial charge in [0.15, 0.2) is 11.5 Å². The van der Waals surface area contributed by atoms with Crippen LogP contribution in [0.15, 0.2) is 78.9 Å². The third kappa shape index (κ3) is 4.97. The van der Waals surface area contributed by atoms with Gasteiger partial charge in [-0.25, -0.2) is 0 Å². The van der Waals surface area contributed by atoms with E-state index in [-0.39, 0.29) is 18.7 Å². The van der Waals surface area contributed by atoms with Crippen LogP contribution >= 0.6 is 0 Å². The van der Waals surface area contributed by atoms with Gasteiger partial charge in [0.1, 0.15) is 0 Å². The summed E-state index contributed by atoms with van der Waals surface area (Å²) in [4.78, 5) is 2.33. The van der Waals surface area contributed by atoms with Gasteiger partial charge in [-0.3, -0.25) is 4.90 Å². The zero-order chi connectivity index (χ0) is 20.6. The second-order valence-corrected chi connectivity index (χ2v) is 7.06. The van der Waals surface area contributed by atoms with Crippen molar-refractivity contribution in [2.24, 2.45) is 0 Å². The highest BCUT2D eigenvalue weighted by Gasteiger charge is 2.26. The maximum Gasteiger partial charge on any atom is 0.161 e. The number of hydrogen-bond donors (Lipinski definition) is 1. The van der Waals surface area contributed by atoms with E-state index in [0.29, 0.717) is 18.0 Å². The van der Waals surface area contributed by atoms with Gasteiger partial charge < -0.3 is 14.6 Å². The van der Waals surface area contributed by atoms with Crippen LogP contribution in [0.4, 0.5) is 0 Å². The molecule has 0 unspecified atom stereocenters. The fraction of sp³-hybridized carbons (Fsp3) is 0.280. The Balaban J connectivity index is 1.98. The molecule has 0 saturated carbocycles. The topological polar surface area (TPSA) is 41.9 Å². The Morgan fingerprint density at radius 2 is 1.38 bits per heavy atom. The van der Waals surface area contributed by atoms with Crippen LogP contribution in [-0.4, -0.2) is 30.8 Å². The summed E-state index contributed by atoms with van der Waals surface area (Å²) < 4.78 is 10.9. The van der Waals surface area contributed by atoms with Crippen molar-refractivity contribution in [2.45, 2.75) is 25.6 Å². The quantitative estimate of drug-likeness (QED) is 0.557. The molecule has 0 radical (unpaired) electrons. The zero-order valence-corrected chi connectivity index (χ0v) is 17.3. The van der Waals surface area contributed by atoms with Crippen molar-refractivity contribution < 1.29 is 14.6 Å². The molecule has 4 nitrogen and oxygen atoms in total. The van der Waals surface area contributed by atoms with Crippen molar-refractivity contribution in [3.8, 4) is 11.5 Å². The lowest BCUT2D eigenvalue weighted by Crippen LogP contribution is -2.33. The molecule has 4 heteroatoms. The SMILES string of the molecule is COc1ccc(CN([C@H](C)c2ccccc2)[C@@H](CO)c2ccccc2)cc1OC. The van der Waals surface area contributed by atoms with Crippen molar-refractivity contribution >= 4 is 0 Å². The molecule has 0 amide bonds. The maximum atomic E-state index is 10.3. The normalized spacial score (nSPS) is 13.1. The summed E-state index contributed by atoms with van der Waals surface area (Å²) in [6.07, 6.45) is 0. The molecule has 0 fully saturated rings. The Morgan fingerprint density at radius 1 is 0.793 bits per heavy atom. The fourth-order valence-electron chi connectivity index (χ4n) is 3.71. The molecule has 0 aliphatic rings. The molecule has 0 saturated heterocycles. The van der Waals surface area contributed by atoms with Crippen LogP contribution < -0.4 is 9.47 Å². The predicted molar refractivity (Wildman–Crippen MR) is 116 cm³/mol. The van der Waals surface area contributed by atoms with Crippen LogP contribution in [0.2, 0.25) is 0 Å². The number of ether oxygens (including phenoxy) is 2. The molecule has 2 atom stereocenters. The largest absolute Gasteiger partial charge is 0.493 e. The number of aliphatic hydroxyl groups excluding tert-OH is 1. The molecule has 0 bridgehead atoms. The van der Waals surface area contributed by atoms with Gasteiger partial charge in [0, 0.05) is 12.6 Å². The van der Waals surface area contributed by atoms with Gasteiger partial charge in [0.2, 0.25) is 0 Å². The van der Waals surface area contributed by atoms with E-state index < -0.39 is 0 Å². The molecule has 3 rings (SSSR count). The minimum Gasteiger partial charge on any atom is -0.493 e. The van der Waals surface area contributed by atoms with E-state index in [9.17, 15) is 5.11 Å². The Bertz CT molecular complexity index is 883. The molecular formula is C25H29NO3. The Hall–Kier alpha value is -2.82. The molecule has 3 aromatic carbocycles. The Morgan fingerprint density at radius 3 is 1.93 bits per heavy atom. The highest BCUT2D eigenvalue weighted by atomic mass is 16.5. The van der Waals surface area contributed by atoms with E-state index in [0.717, 1.165) is 11.1 Å². The standard InChI is InChI=1S/C25H29NO3/c1-19(21-10-6-4-7-11-21)26(23(18-27)22-12-8-5-9-13-22)17-20-14-15-24(28-2)25(16-20)29-3/h4-16,19,23,27H,17-18H2,1-3H3/t19-,23+/m1/s1. The lowest BCUT2D eigenvalue weighted by molar-refractivity contribution is 0.0810. The third-order valence-electron chi connectivity index (χ3n) is 5.35. The Labute approximate surface area is 173 Å². The van der Waals surface area contributed by atoms with Crippen LogP contribution in [0.25, 0.3) is 0 Å². The molecule has 152 valence electrons. The highest BCUT2D eigenvalue weighted by molar-refractivity contribution is 5.43. The summed E-state index contributed by atoms with van der Waals surface area (Å²) in [6, 6.07) is 26.5. The van der Waals surface area contributed by atoms with Crippen LogP contribution in [-0.2, 0) is 6.54 Å². The number of hydrogen-bond acceptors (Lipinski definition) is 4. The number of rotatable bonds is 9. The number of benzene rings is 3. The van der Waals surface area contributed by atoms with Crippen LogP contribution in [0.3, 0.4) is 0 Å². The second kappa shape index (κ2) is 10.1. The lowest BCUT2D eigenvalue weighted by atomic mass is 9.99. The summed E-state index contributed by atoms with van der Waals surface area (Å²) >= 11 is 0. The predicted octanol–water partition coefficient (Wildman–Crippen LogP) is 5.00. The first kappa shape index (κ1) is 20.9. The van der Waals surface area contributed by atoms with Gasteiger partial charge in [0.25, 0.3) is 0 Å². The van der Waals surface area contributed by atoms with E-state index in [1.807, 2.05) is 42.5 Å². The molecule has 1 N–H and O–H groups in total. The Kier molecular flexibility index (Phi) is 7.28. The van der Waals surface area contributed by atoms with E-state index in [2.05, 4.69) is 48.2 Å². The molecule has 3 aromatic rings. The van der Waals surface area contributed by atoms with Gasteiger partial charge in [0.05, 0.1) is 26.9 Å². The minimum absolute atomic E-state index is 0.0362. The first-order valence-electron chi connectivity index (χ1n) is 9.85. The molecule has 0 aliphatic heterocycles. The number of aliphatic hydroxyl groups is 1. The number of methoxy groups -OCH3 is 2. The highest BCUT2D eigenvalue weighted by Crippen LogP contribution is 2.34. The smallest absolute Gasteiger partial charge is 0.161 e. The average molecular weight is 392 g/mol. The van der Waals surface area contributed by atoms with Crippen molar-refractivity contribution in [1.82, 2.24) is 4.90 Å². The van der Waals surface area contributed by atoms with Crippen molar-refractivity contribution in [2.75, 3.05) is 20.8 Å². The minimum atomic E-state index is -0.125. The van der Waals surface area contributed by atoms with Gasteiger partial charge in [-0.05, 0) is 35.7 Å². The first-order valence-corrected chi connectivity index (χ1v) is 9.85. The van der Waals surface area contributed by atoms with Crippen LogP contribution in [0, 0.1) is 0 Å². The molecule has 0 aromatic heterocycles. The van der Waals surface area contributed by atoms with Crippen LogP contribution in [0.1, 0.15) is 35.7 Å². The summed E-state index contributed by atoms with van der Waals surface area (Å²) in [6.45, 7) is 2.88. The van der Waals surface area contributed by atoms with Gasteiger partial charge in [-0.2, -0.15) is 0 Å². The lowest BCUT2D eigenvalue weighted by Gasteiger charge is -2.36. The van der Waals surface area contributed by atoms with Crippen LogP contribution in [0.5, 0.6) is 11.5 Å². The molecule has 29 heavy (non-hydrogen) atoms. The average Bonchev–Trinajstić information content (AvgIpc) is 2.79. The number of nitrogens with zero attached hydrogens (tertiary/aromatic N) is 1. The van der Waals surface area contributed by atoms with E-state index in [1.54, 1.807) is 14.2 Å². The first-order chi connectivity index (χ1) is 14.2. The molecular weight excluding hydrogens is 362 g/mol.